The second kappa shape index (κ2) is 11.0. The summed E-state index contributed by atoms with van der Waals surface area (Å²) in [5, 5.41) is 12.0. The zero-order chi connectivity index (χ0) is 24.9. The van der Waals surface area contributed by atoms with Gasteiger partial charge in [-0.3, -0.25) is 14.7 Å². The summed E-state index contributed by atoms with van der Waals surface area (Å²) in [6, 6.07) is 11.7. The van der Waals surface area contributed by atoms with E-state index < -0.39 is 0 Å². The van der Waals surface area contributed by atoms with Gasteiger partial charge in [0.2, 0.25) is 5.91 Å². The highest BCUT2D eigenvalue weighted by molar-refractivity contribution is 6.34. The molecule has 0 spiro atoms. The molecule has 0 bridgehead atoms. The number of amides is 1. The van der Waals surface area contributed by atoms with Crippen molar-refractivity contribution in [2.75, 3.05) is 36.9 Å². The number of fused-ring (bicyclic) bond motifs is 1. The Labute approximate surface area is 211 Å². The topological polar surface area (TPSA) is 78.7 Å². The van der Waals surface area contributed by atoms with Crippen molar-refractivity contribution in [3.63, 3.8) is 0 Å². The van der Waals surface area contributed by atoms with E-state index in [4.69, 9.17) is 16.6 Å². The van der Waals surface area contributed by atoms with Crippen LogP contribution in [0.25, 0.3) is 5.69 Å². The minimum absolute atomic E-state index is 0.124. The average Bonchev–Trinajstić information content (AvgIpc) is 3.25. The molecule has 9 heteroatoms. The van der Waals surface area contributed by atoms with E-state index in [0.29, 0.717) is 22.1 Å². The largest absolute Gasteiger partial charge is 0.373 e. The molecule has 8 nitrogen and oxygen atoms in total. The molecule has 1 N–H and O–H groups in total. The quantitative estimate of drug-likeness (QED) is 0.450. The Bertz CT molecular complexity index is 1230. The van der Waals surface area contributed by atoms with E-state index in [1.54, 1.807) is 12.3 Å². The molecule has 0 saturated carbocycles. The lowest BCUT2D eigenvalue weighted by atomic mass is 10.1. The molecule has 2 aromatic carbocycles. The number of aliphatic imine (C=N–C) groups is 1. The van der Waals surface area contributed by atoms with Crippen LogP contribution in [0, 0.1) is 0 Å². The van der Waals surface area contributed by atoms with Crippen molar-refractivity contribution in [1.29, 1.82) is 0 Å². The number of nitrogens with zero attached hydrogens (tertiary/aromatic N) is 6. The molecule has 1 aromatic heterocycles. The Hall–Kier alpha value is -3.23. The minimum Gasteiger partial charge on any atom is -0.373 e. The Kier molecular flexibility index (Phi) is 7.83. The van der Waals surface area contributed by atoms with E-state index in [0.717, 1.165) is 55.2 Å². The smallest absolute Gasteiger partial charge is 0.230 e. The average molecular weight is 494 g/mol. The number of hydrogen-bond donors (Lipinski definition) is 1. The third kappa shape index (κ3) is 5.55. The van der Waals surface area contributed by atoms with Crippen LogP contribution in [0.2, 0.25) is 5.02 Å². The van der Waals surface area contributed by atoms with Crippen LogP contribution in [0.5, 0.6) is 0 Å². The first-order chi connectivity index (χ1) is 16.9. The highest BCUT2D eigenvalue weighted by Gasteiger charge is 2.20. The predicted octanol–water partition coefficient (Wildman–Crippen LogP) is 5.07. The number of carbonyl (C=O) groups excluding carboxylic acids is 1. The Morgan fingerprint density at radius 3 is 2.69 bits per heavy atom. The van der Waals surface area contributed by atoms with E-state index in [9.17, 15) is 4.79 Å². The molecule has 35 heavy (non-hydrogen) atoms. The number of rotatable bonds is 9. The third-order valence-electron chi connectivity index (χ3n) is 6.22. The first-order valence-electron chi connectivity index (χ1n) is 12.1. The normalized spacial score (nSPS) is 13.3. The molecule has 0 aliphatic carbocycles. The van der Waals surface area contributed by atoms with Gasteiger partial charge in [0.15, 0.2) is 0 Å². The SMILES string of the molecule is CCCN(C)c1cc2c(cc1Cl)NC(=O)CC(c1cccc(-n3nncc3CN(CC)CC)c1)=N2. The van der Waals surface area contributed by atoms with Gasteiger partial charge in [-0.25, -0.2) is 4.68 Å². The number of anilines is 2. The lowest BCUT2D eigenvalue weighted by Crippen LogP contribution is -2.23. The summed E-state index contributed by atoms with van der Waals surface area (Å²) in [6.45, 7) is 9.94. The van der Waals surface area contributed by atoms with Crippen LogP contribution in [0.15, 0.2) is 47.6 Å². The van der Waals surface area contributed by atoms with Gasteiger partial charge < -0.3 is 10.2 Å². The van der Waals surface area contributed by atoms with E-state index in [2.05, 4.69) is 46.2 Å². The van der Waals surface area contributed by atoms with Crippen molar-refractivity contribution < 1.29 is 4.79 Å². The maximum absolute atomic E-state index is 12.7. The summed E-state index contributed by atoms with van der Waals surface area (Å²) in [7, 11) is 2.01. The molecular formula is C26H32ClN7O. The van der Waals surface area contributed by atoms with Crippen molar-refractivity contribution in [3.05, 3.63) is 58.9 Å². The molecule has 4 rings (SSSR count). The molecular weight excluding hydrogens is 462 g/mol. The number of carbonyl (C=O) groups is 1. The Morgan fingerprint density at radius 2 is 1.94 bits per heavy atom. The maximum Gasteiger partial charge on any atom is 0.230 e. The molecule has 0 unspecified atom stereocenters. The van der Waals surface area contributed by atoms with Crippen LogP contribution in [-0.4, -0.2) is 58.2 Å². The number of nitrogens with one attached hydrogen (secondary N) is 1. The first-order valence-corrected chi connectivity index (χ1v) is 12.5. The van der Waals surface area contributed by atoms with Gasteiger partial charge >= 0.3 is 0 Å². The number of benzene rings is 2. The Morgan fingerprint density at radius 1 is 1.14 bits per heavy atom. The summed E-state index contributed by atoms with van der Waals surface area (Å²) in [4.78, 5) is 22.1. The number of aromatic nitrogens is 3. The van der Waals surface area contributed by atoms with Crippen LogP contribution in [-0.2, 0) is 11.3 Å². The standard InChI is InChI=1S/C26H32ClN7O/c1-5-11-32(4)25-14-24-23(13-21(25)27)30-26(35)15-22(29-24)18-9-8-10-19(12-18)34-20(16-28-31-34)17-33(6-2)7-3/h8-10,12-14,16H,5-7,11,15,17H2,1-4H3,(H,30,35). The van der Waals surface area contributed by atoms with Crippen LogP contribution >= 0.6 is 11.6 Å². The third-order valence-corrected chi connectivity index (χ3v) is 6.52. The predicted molar refractivity (Wildman–Crippen MR) is 142 cm³/mol. The summed E-state index contributed by atoms with van der Waals surface area (Å²) < 4.78 is 1.85. The summed E-state index contributed by atoms with van der Waals surface area (Å²) in [5.41, 5.74) is 5.67. The van der Waals surface area contributed by atoms with E-state index in [1.165, 1.54) is 0 Å². The van der Waals surface area contributed by atoms with Gasteiger partial charge in [0, 0.05) is 20.1 Å². The molecule has 0 atom stereocenters. The van der Waals surface area contributed by atoms with Crippen LogP contribution in [0.1, 0.15) is 44.9 Å². The number of halogens is 1. The van der Waals surface area contributed by atoms with Gasteiger partial charge in [-0.1, -0.05) is 49.7 Å². The second-order valence-corrected chi connectivity index (χ2v) is 9.08. The molecule has 1 aliphatic heterocycles. The van der Waals surface area contributed by atoms with Gasteiger partial charge in [-0.15, -0.1) is 5.10 Å². The van der Waals surface area contributed by atoms with Gasteiger partial charge in [-0.05, 0) is 49.3 Å². The molecule has 3 aromatic rings. The van der Waals surface area contributed by atoms with E-state index in [1.807, 2.05) is 42.1 Å². The summed E-state index contributed by atoms with van der Waals surface area (Å²) in [6.07, 6.45) is 2.97. The number of hydrogen-bond acceptors (Lipinski definition) is 6. The van der Waals surface area contributed by atoms with E-state index >= 15 is 0 Å². The molecule has 0 radical (unpaired) electrons. The molecule has 1 aliphatic rings. The molecule has 0 fully saturated rings. The Balaban J connectivity index is 1.72. The zero-order valence-corrected chi connectivity index (χ0v) is 21.5. The van der Waals surface area contributed by atoms with Gasteiger partial charge in [0.1, 0.15) is 0 Å². The summed E-state index contributed by atoms with van der Waals surface area (Å²) in [5.74, 6) is -0.124. The van der Waals surface area contributed by atoms with Crippen molar-refractivity contribution in [2.45, 2.75) is 40.2 Å². The van der Waals surface area contributed by atoms with Crippen molar-refractivity contribution in [3.8, 4) is 5.69 Å². The highest BCUT2D eigenvalue weighted by atomic mass is 35.5. The summed E-state index contributed by atoms with van der Waals surface area (Å²) >= 11 is 6.54. The fourth-order valence-corrected chi connectivity index (χ4v) is 4.57. The lowest BCUT2D eigenvalue weighted by Gasteiger charge is -2.21. The van der Waals surface area contributed by atoms with Gasteiger partial charge in [-0.2, -0.15) is 0 Å². The molecule has 0 saturated heterocycles. The maximum atomic E-state index is 12.7. The van der Waals surface area contributed by atoms with E-state index in [-0.39, 0.29) is 12.3 Å². The minimum atomic E-state index is -0.124. The van der Waals surface area contributed by atoms with Crippen LogP contribution < -0.4 is 10.2 Å². The zero-order valence-electron chi connectivity index (χ0n) is 20.8. The lowest BCUT2D eigenvalue weighted by molar-refractivity contribution is -0.115. The van der Waals surface area contributed by atoms with Crippen LogP contribution in [0.3, 0.4) is 0 Å². The molecule has 184 valence electrons. The van der Waals surface area contributed by atoms with Gasteiger partial charge in [0.25, 0.3) is 0 Å². The fourth-order valence-electron chi connectivity index (χ4n) is 4.26. The van der Waals surface area contributed by atoms with Crippen molar-refractivity contribution >= 4 is 40.3 Å². The van der Waals surface area contributed by atoms with Crippen molar-refractivity contribution in [2.24, 2.45) is 4.99 Å². The fraction of sp³-hybridized carbons (Fsp3) is 0.385. The highest BCUT2D eigenvalue weighted by Crippen LogP contribution is 2.38. The van der Waals surface area contributed by atoms with Crippen LogP contribution in [0.4, 0.5) is 17.1 Å². The first kappa shape index (κ1) is 24.9. The van der Waals surface area contributed by atoms with Gasteiger partial charge in [0.05, 0.1) is 51.8 Å². The molecule has 2 heterocycles. The molecule has 1 amide bonds. The van der Waals surface area contributed by atoms with Crippen molar-refractivity contribution in [1.82, 2.24) is 19.9 Å². The monoisotopic (exact) mass is 493 g/mol. The second-order valence-electron chi connectivity index (χ2n) is 8.67.